The summed E-state index contributed by atoms with van der Waals surface area (Å²) >= 11 is 0. The number of hydrogen-bond donors (Lipinski definition) is 0. The molecule has 0 amide bonds. The maximum Gasteiger partial charge on any atom is 0.453 e. The Morgan fingerprint density at radius 3 is 2.32 bits per heavy atom. The average Bonchev–Trinajstić information content (AvgIpc) is 2.89. The zero-order valence-electron chi connectivity index (χ0n) is 20.1. The molecular formula is C27H25F3O7. The van der Waals surface area contributed by atoms with E-state index >= 15 is 0 Å². The number of carbonyl (C=O) groups is 2. The summed E-state index contributed by atoms with van der Waals surface area (Å²) < 4.78 is 62.3. The summed E-state index contributed by atoms with van der Waals surface area (Å²) in [7, 11) is 0. The second kappa shape index (κ2) is 11.1. The van der Waals surface area contributed by atoms with E-state index in [0.717, 1.165) is 25.3 Å². The summed E-state index contributed by atoms with van der Waals surface area (Å²) in [5.41, 5.74) is -1.27. The Morgan fingerprint density at radius 2 is 1.68 bits per heavy atom. The van der Waals surface area contributed by atoms with Crippen molar-refractivity contribution in [3.63, 3.8) is 0 Å². The second-order valence-electron chi connectivity index (χ2n) is 8.76. The van der Waals surface area contributed by atoms with Gasteiger partial charge < -0.3 is 18.6 Å². The number of benzene rings is 2. The summed E-state index contributed by atoms with van der Waals surface area (Å²) in [6, 6.07) is 8.78. The minimum Gasteiger partial charge on any atom is -0.462 e. The third-order valence-electron chi connectivity index (χ3n) is 5.98. The molecule has 0 saturated heterocycles. The van der Waals surface area contributed by atoms with Crippen LogP contribution in [-0.2, 0) is 15.7 Å². The lowest BCUT2D eigenvalue weighted by Crippen LogP contribution is -2.22. The van der Waals surface area contributed by atoms with E-state index in [-0.39, 0.29) is 35.0 Å². The molecule has 0 N–H and O–H groups in total. The first kappa shape index (κ1) is 26.2. The normalized spacial score (nSPS) is 14.4. The molecule has 7 nitrogen and oxygen atoms in total. The summed E-state index contributed by atoms with van der Waals surface area (Å²) in [5, 5.41) is -0.180. The van der Waals surface area contributed by atoms with Crippen molar-refractivity contribution < 1.29 is 41.4 Å². The van der Waals surface area contributed by atoms with Gasteiger partial charge in [0.2, 0.25) is 11.2 Å². The highest BCUT2D eigenvalue weighted by Gasteiger charge is 2.40. The maximum absolute atomic E-state index is 13.8. The Kier molecular flexibility index (Phi) is 7.85. The van der Waals surface area contributed by atoms with Crippen molar-refractivity contribution in [1.82, 2.24) is 0 Å². The Morgan fingerprint density at radius 1 is 1.00 bits per heavy atom. The van der Waals surface area contributed by atoms with Crippen molar-refractivity contribution in [2.75, 3.05) is 6.61 Å². The van der Waals surface area contributed by atoms with E-state index in [1.54, 1.807) is 0 Å². The van der Waals surface area contributed by atoms with Gasteiger partial charge >= 0.3 is 18.1 Å². The molecule has 1 aliphatic carbocycles. The topological polar surface area (TPSA) is 92.0 Å². The van der Waals surface area contributed by atoms with Crippen LogP contribution in [0.15, 0.2) is 51.7 Å². The van der Waals surface area contributed by atoms with Crippen molar-refractivity contribution in [3.05, 3.63) is 64.0 Å². The number of esters is 2. The number of alkyl halides is 3. The molecule has 3 aromatic rings. The van der Waals surface area contributed by atoms with E-state index in [9.17, 15) is 27.6 Å². The van der Waals surface area contributed by atoms with Crippen LogP contribution in [0.2, 0.25) is 0 Å². The van der Waals surface area contributed by atoms with Gasteiger partial charge in [0.1, 0.15) is 17.1 Å². The van der Waals surface area contributed by atoms with Crippen LogP contribution in [0.25, 0.3) is 11.0 Å². The fourth-order valence-corrected chi connectivity index (χ4v) is 4.09. The van der Waals surface area contributed by atoms with Crippen LogP contribution in [0.3, 0.4) is 0 Å². The summed E-state index contributed by atoms with van der Waals surface area (Å²) in [4.78, 5) is 37.4. The van der Waals surface area contributed by atoms with Gasteiger partial charge in [-0.2, -0.15) is 13.2 Å². The Hall–Kier alpha value is -3.82. The van der Waals surface area contributed by atoms with Gasteiger partial charge in [-0.05, 0) is 55.7 Å². The van der Waals surface area contributed by atoms with Crippen molar-refractivity contribution in [1.29, 1.82) is 0 Å². The van der Waals surface area contributed by atoms with Gasteiger partial charge in [0.05, 0.1) is 23.5 Å². The molecule has 37 heavy (non-hydrogen) atoms. The van der Waals surface area contributed by atoms with Crippen molar-refractivity contribution in [2.24, 2.45) is 5.92 Å². The molecule has 1 heterocycles. The largest absolute Gasteiger partial charge is 0.462 e. The molecule has 0 unspecified atom stereocenters. The smallest absolute Gasteiger partial charge is 0.453 e. The van der Waals surface area contributed by atoms with Crippen LogP contribution in [0.5, 0.6) is 17.2 Å². The van der Waals surface area contributed by atoms with Crippen LogP contribution in [0.1, 0.15) is 61.6 Å². The number of fused-ring (bicyclic) bond motifs is 1. The number of hydrogen-bond acceptors (Lipinski definition) is 7. The minimum atomic E-state index is -5.05. The van der Waals surface area contributed by atoms with Gasteiger partial charge in [0.15, 0.2) is 0 Å². The van der Waals surface area contributed by atoms with Gasteiger partial charge in [-0.25, -0.2) is 4.79 Å². The lowest BCUT2D eigenvalue weighted by Gasteiger charge is -2.19. The highest BCUT2D eigenvalue weighted by molar-refractivity contribution is 5.89. The zero-order valence-corrected chi connectivity index (χ0v) is 20.1. The first-order valence-corrected chi connectivity index (χ1v) is 12.0. The molecule has 0 atom stereocenters. The predicted molar refractivity (Wildman–Crippen MR) is 127 cm³/mol. The highest BCUT2D eigenvalue weighted by atomic mass is 19.4. The minimum absolute atomic E-state index is 0.0152. The van der Waals surface area contributed by atoms with Crippen LogP contribution >= 0.6 is 0 Å². The summed E-state index contributed by atoms with van der Waals surface area (Å²) in [6.45, 7) is 2.06. The van der Waals surface area contributed by atoms with Gasteiger partial charge in [-0.3, -0.25) is 9.59 Å². The molecule has 4 rings (SSSR count). The van der Waals surface area contributed by atoms with E-state index in [0.29, 0.717) is 19.3 Å². The quantitative estimate of drug-likeness (QED) is 0.255. The summed E-state index contributed by atoms with van der Waals surface area (Å²) in [5.74, 6) is -4.12. The van der Waals surface area contributed by atoms with E-state index in [4.69, 9.17) is 18.6 Å². The molecule has 10 heteroatoms. The van der Waals surface area contributed by atoms with Crippen molar-refractivity contribution >= 4 is 22.9 Å². The maximum atomic E-state index is 13.8. The Bertz CT molecular complexity index is 1340. The zero-order chi connectivity index (χ0) is 26.6. The van der Waals surface area contributed by atoms with Gasteiger partial charge in [-0.1, -0.05) is 26.2 Å². The molecule has 0 bridgehead atoms. The van der Waals surface area contributed by atoms with E-state index in [2.05, 4.69) is 0 Å². The predicted octanol–water partition coefficient (Wildman–Crippen LogP) is 6.66. The van der Waals surface area contributed by atoms with Gasteiger partial charge in [-0.15, -0.1) is 0 Å². The third kappa shape index (κ3) is 6.12. The van der Waals surface area contributed by atoms with E-state index in [1.807, 2.05) is 6.92 Å². The van der Waals surface area contributed by atoms with Crippen LogP contribution in [0.4, 0.5) is 13.2 Å². The number of carbonyl (C=O) groups excluding carboxylic acids is 2. The lowest BCUT2D eigenvalue weighted by atomic mass is 9.89. The fourth-order valence-electron chi connectivity index (χ4n) is 4.09. The molecule has 1 aliphatic rings. The number of halogens is 3. The van der Waals surface area contributed by atoms with Crippen LogP contribution < -0.4 is 14.9 Å². The molecular weight excluding hydrogens is 493 g/mol. The standard InChI is InChI=1S/C27H25F3O7/c1-2-14-34-25(32)17-8-10-18(11-9-17)35-23-22(31)20-13-12-19(15-21(20)37-24(23)27(28,29)30)36-26(33)16-6-4-3-5-7-16/h8-13,15-16H,2-7,14H2,1H3. The Labute approximate surface area is 210 Å². The SMILES string of the molecule is CCCOC(=O)c1ccc(Oc2c(C(F)(F)F)oc3cc(OC(=O)C4CCCCC4)ccc3c2=O)cc1. The first-order valence-electron chi connectivity index (χ1n) is 12.0. The number of ether oxygens (including phenoxy) is 3. The van der Waals surface area contributed by atoms with E-state index in [1.165, 1.54) is 36.4 Å². The average molecular weight is 518 g/mol. The molecule has 0 aliphatic heterocycles. The van der Waals surface area contributed by atoms with Crippen molar-refractivity contribution in [2.45, 2.75) is 51.6 Å². The Balaban J connectivity index is 1.63. The number of rotatable bonds is 7. The van der Waals surface area contributed by atoms with Crippen LogP contribution in [-0.4, -0.2) is 18.5 Å². The fraction of sp³-hybridized carbons (Fsp3) is 0.370. The highest BCUT2D eigenvalue weighted by Crippen LogP contribution is 2.39. The van der Waals surface area contributed by atoms with Crippen LogP contribution in [0, 0.1) is 5.92 Å². The monoisotopic (exact) mass is 518 g/mol. The van der Waals surface area contributed by atoms with Crippen molar-refractivity contribution in [3.8, 4) is 17.2 Å². The molecule has 1 saturated carbocycles. The van der Waals surface area contributed by atoms with Gasteiger partial charge in [0, 0.05) is 6.07 Å². The molecule has 0 spiro atoms. The molecule has 1 fully saturated rings. The molecule has 1 aromatic heterocycles. The second-order valence-corrected chi connectivity index (χ2v) is 8.76. The summed E-state index contributed by atoms with van der Waals surface area (Å²) in [6.07, 6.45) is -0.157. The molecule has 196 valence electrons. The molecule has 2 aromatic carbocycles. The third-order valence-corrected chi connectivity index (χ3v) is 5.98. The first-order chi connectivity index (χ1) is 17.7. The molecule has 0 radical (unpaired) electrons. The van der Waals surface area contributed by atoms with Gasteiger partial charge in [0.25, 0.3) is 5.76 Å². The lowest BCUT2D eigenvalue weighted by molar-refractivity contribution is -0.154. The van der Waals surface area contributed by atoms with E-state index < -0.39 is 40.6 Å².